The van der Waals surface area contributed by atoms with Crippen molar-refractivity contribution < 1.29 is 19.6 Å². The van der Waals surface area contributed by atoms with Crippen molar-refractivity contribution in [2.45, 2.75) is 103 Å². The highest BCUT2D eigenvalue weighted by Crippen LogP contribution is 2.40. The molecule has 1 aliphatic rings. The molecule has 222 valence electrons. The van der Waals surface area contributed by atoms with E-state index in [1.165, 1.54) is 81.2 Å². The molecular weight excluding hydrogens is 584 g/mol. The van der Waals surface area contributed by atoms with Gasteiger partial charge < -0.3 is 10.0 Å². The van der Waals surface area contributed by atoms with Crippen molar-refractivity contribution in [3.8, 4) is 0 Å². The molecule has 0 aliphatic carbocycles. The molecule has 1 fully saturated rings. The Balaban J connectivity index is 1.60. The second kappa shape index (κ2) is 17.1. The Hall–Kier alpha value is -3.00. The number of nitrogens with zero attached hydrogens (tertiary/aromatic N) is 2. The first-order valence-corrected chi connectivity index (χ1v) is 15.9. The van der Waals surface area contributed by atoms with Crippen LogP contribution >= 0.6 is 15.9 Å². The van der Waals surface area contributed by atoms with Crippen LogP contribution in [0, 0.1) is 10.1 Å². The van der Waals surface area contributed by atoms with Crippen LogP contribution in [0.2, 0.25) is 0 Å². The van der Waals surface area contributed by atoms with Crippen molar-refractivity contribution in [2.24, 2.45) is 0 Å². The molecule has 3 rings (SSSR count). The minimum Gasteiger partial charge on any atom is -0.507 e. The summed E-state index contributed by atoms with van der Waals surface area (Å²) in [4.78, 5) is 38.8. The predicted octanol–water partition coefficient (Wildman–Crippen LogP) is 9.26. The quantitative estimate of drug-likeness (QED) is 0.0443. The van der Waals surface area contributed by atoms with Gasteiger partial charge in [-0.3, -0.25) is 19.7 Å². The van der Waals surface area contributed by atoms with Crippen LogP contribution in [0.1, 0.15) is 114 Å². The molecule has 1 unspecified atom stereocenters. The third-order valence-corrected chi connectivity index (χ3v) is 8.28. The zero-order valence-electron chi connectivity index (χ0n) is 24.2. The number of benzene rings is 2. The van der Waals surface area contributed by atoms with E-state index in [9.17, 15) is 24.8 Å². The number of nitro groups is 1. The van der Waals surface area contributed by atoms with Crippen LogP contribution in [0.25, 0.3) is 5.76 Å². The van der Waals surface area contributed by atoms with E-state index in [0.29, 0.717) is 28.6 Å². The number of aliphatic hydroxyl groups excluding tert-OH is 1. The van der Waals surface area contributed by atoms with Crippen LogP contribution < -0.4 is 0 Å². The van der Waals surface area contributed by atoms with Crippen LogP contribution in [0.3, 0.4) is 0 Å². The summed E-state index contributed by atoms with van der Waals surface area (Å²) < 4.78 is 0.713. The van der Waals surface area contributed by atoms with Gasteiger partial charge in [0.1, 0.15) is 5.76 Å². The molecule has 0 spiro atoms. The zero-order chi connectivity index (χ0) is 29.6. The Labute approximate surface area is 252 Å². The van der Waals surface area contributed by atoms with Crippen molar-refractivity contribution in [1.82, 2.24) is 4.90 Å². The van der Waals surface area contributed by atoms with Crippen LogP contribution in [0.5, 0.6) is 0 Å². The van der Waals surface area contributed by atoms with E-state index in [1.807, 2.05) is 0 Å². The lowest BCUT2D eigenvalue weighted by Crippen LogP contribution is -2.30. The highest BCUT2D eigenvalue weighted by Gasteiger charge is 2.46. The molecule has 1 amide bonds. The number of carbonyl (C=O) groups excluding carboxylic acids is 2. The van der Waals surface area contributed by atoms with Crippen molar-refractivity contribution in [3.05, 3.63) is 79.8 Å². The molecule has 7 nitrogen and oxygen atoms in total. The van der Waals surface area contributed by atoms with Gasteiger partial charge in [-0.2, -0.15) is 0 Å². The molecule has 41 heavy (non-hydrogen) atoms. The standard InChI is InChI=1S/C33H43BrN2O5/c1-2-3-4-5-6-7-8-9-10-11-12-13-14-15-22-35-30(25-18-17-21-28(24-25)36(40)41)29(32(38)33(35)39)31(37)26-19-16-20-27(34)23-26/h16-21,23-24,30,37H,2-15,22H2,1H3/b31-29+. The van der Waals surface area contributed by atoms with Crippen LogP contribution in [0.15, 0.2) is 58.6 Å². The van der Waals surface area contributed by atoms with Gasteiger partial charge in [0.2, 0.25) is 0 Å². The van der Waals surface area contributed by atoms with Crippen molar-refractivity contribution in [1.29, 1.82) is 0 Å². The third-order valence-electron chi connectivity index (χ3n) is 7.79. The number of Topliss-reactive ketones (excluding diaryl/α,β-unsaturated/α-hetero) is 1. The van der Waals surface area contributed by atoms with Gasteiger partial charge in [-0.1, -0.05) is 131 Å². The average molecular weight is 628 g/mol. The van der Waals surface area contributed by atoms with Gasteiger partial charge in [0, 0.05) is 28.7 Å². The fourth-order valence-electron chi connectivity index (χ4n) is 5.53. The highest BCUT2D eigenvalue weighted by atomic mass is 79.9. The van der Waals surface area contributed by atoms with Gasteiger partial charge in [-0.05, 0) is 24.1 Å². The number of likely N-dealkylation sites (tertiary alicyclic amines) is 1. The van der Waals surface area contributed by atoms with E-state index in [2.05, 4.69) is 22.9 Å². The number of nitro benzene ring substituents is 1. The number of unbranched alkanes of at least 4 members (excludes halogenated alkanes) is 13. The number of amides is 1. The Kier molecular flexibility index (Phi) is 13.5. The first kappa shape index (κ1) is 32.5. The van der Waals surface area contributed by atoms with Gasteiger partial charge in [-0.25, -0.2) is 0 Å². The fourth-order valence-corrected chi connectivity index (χ4v) is 5.93. The minimum absolute atomic E-state index is 0.0426. The second-order valence-corrected chi connectivity index (χ2v) is 11.9. The zero-order valence-corrected chi connectivity index (χ0v) is 25.7. The van der Waals surface area contributed by atoms with Gasteiger partial charge in [0.25, 0.3) is 17.4 Å². The van der Waals surface area contributed by atoms with Crippen LogP contribution in [-0.2, 0) is 9.59 Å². The summed E-state index contributed by atoms with van der Waals surface area (Å²) >= 11 is 3.38. The van der Waals surface area contributed by atoms with Crippen LogP contribution in [0.4, 0.5) is 5.69 Å². The number of halogens is 1. The summed E-state index contributed by atoms with van der Waals surface area (Å²) in [6, 6.07) is 11.9. The van der Waals surface area contributed by atoms with Crippen molar-refractivity contribution >= 4 is 39.1 Å². The topological polar surface area (TPSA) is 101 Å². The Bertz CT molecular complexity index is 1210. The number of aliphatic hydroxyl groups is 1. The van der Waals surface area contributed by atoms with E-state index in [4.69, 9.17) is 0 Å². The molecule has 2 aromatic rings. The Morgan fingerprint density at radius 3 is 1.98 bits per heavy atom. The SMILES string of the molecule is CCCCCCCCCCCCCCCCN1C(=O)C(=O)/C(=C(/O)c2cccc(Br)c2)C1c1cccc([N+](=O)[O-])c1. The molecule has 1 aliphatic heterocycles. The Morgan fingerprint density at radius 1 is 0.854 bits per heavy atom. The predicted molar refractivity (Wildman–Crippen MR) is 167 cm³/mol. The second-order valence-electron chi connectivity index (χ2n) is 11.0. The van der Waals surface area contributed by atoms with E-state index in [0.717, 1.165) is 19.3 Å². The molecule has 1 N–H and O–H groups in total. The normalized spacial score (nSPS) is 16.4. The van der Waals surface area contributed by atoms with E-state index in [-0.39, 0.29) is 17.0 Å². The number of rotatable bonds is 18. The van der Waals surface area contributed by atoms with Crippen molar-refractivity contribution in [2.75, 3.05) is 6.54 Å². The summed E-state index contributed by atoms with van der Waals surface area (Å²) in [5, 5.41) is 22.6. The molecule has 0 bridgehead atoms. The summed E-state index contributed by atoms with van der Waals surface area (Å²) in [5.74, 6) is -1.75. The summed E-state index contributed by atoms with van der Waals surface area (Å²) in [7, 11) is 0. The van der Waals surface area contributed by atoms with Crippen LogP contribution in [-0.4, -0.2) is 33.2 Å². The first-order chi connectivity index (χ1) is 19.8. The van der Waals surface area contributed by atoms with E-state index >= 15 is 0 Å². The van der Waals surface area contributed by atoms with Gasteiger partial charge in [0.15, 0.2) is 0 Å². The molecule has 0 radical (unpaired) electrons. The average Bonchev–Trinajstić information content (AvgIpc) is 3.22. The fraction of sp³-hybridized carbons (Fsp3) is 0.515. The maximum atomic E-state index is 13.2. The molecule has 2 aromatic carbocycles. The molecule has 8 heteroatoms. The lowest BCUT2D eigenvalue weighted by Gasteiger charge is -2.25. The lowest BCUT2D eigenvalue weighted by molar-refractivity contribution is -0.384. The smallest absolute Gasteiger partial charge is 0.295 e. The van der Waals surface area contributed by atoms with E-state index in [1.54, 1.807) is 36.4 Å². The monoisotopic (exact) mass is 626 g/mol. The molecule has 0 aromatic heterocycles. The maximum absolute atomic E-state index is 13.2. The number of ketones is 1. The molecular formula is C33H43BrN2O5. The van der Waals surface area contributed by atoms with E-state index < -0.39 is 22.7 Å². The third kappa shape index (κ3) is 9.52. The number of non-ortho nitro benzene ring substituents is 1. The summed E-state index contributed by atoms with van der Waals surface area (Å²) in [6.45, 7) is 2.58. The van der Waals surface area contributed by atoms with Gasteiger partial charge in [0.05, 0.1) is 16.5 Å². The molecule has 1 heterocycles. The summed E-state index contributed by atoms with van der Waals surface area (Å²) in [6.07, 6.45) is 17.0. The van der Waals surface area contributed by atoms with Gasteiger partial charge >= 0.3 is 0 Å². The largest absolute Gasteiger partial charge is 0.507 e. The number of hydrogen-bond donors (Lipinski definition) is 1. The van der Waals surface area contributed by atoms with Crippen molar-refractivity contribution in [3.63, 3.8) is 0 Å². The molecule has 1 atom stereocenters. The lowest BCUT2D eigenvalue weighted by atomic mass is 9.95. The number of carbonyl (C=O) groups is 2. The van der Waals surface area contributed by atoms with Gasteiger partial charge in [-0.15, -0.1) is 0 Å². The summed E-state index contributed by atoms with van der Waals surface area (Å²) in [5.41, 5.74) is 0.649. The maximum Gasteiger partial charge on any atom is 0.295 e. The highest BCUT2D eigenvalue weighted by molar-refractivity contribution is 9.10. The first-order valence-electron chi connectivity index (χ1n) is 15.1. The number of hydrogen-bond acceptors (Lipinski definition) is 5. The minimum atomic E-state index is -0.893. The molecule has 0 saturated carbocycles. The molecule has 1 saturated heterocycles. The Morgan fingerprint density at radius 2 is 1.41 bits per heavy atom.